The van der Waals surface area contributed by atoms with Gasteiger partial charge in [-0.3, -0.25) is 19.7 Å². The van der Waals surface area contributed by atoms with Gasteiger partial charge >= 0.3 is 24.3 Å². The fraction of sp³-hybridized carbons (Fsp3) is 0.318. The van der Waals surface area contributed by atoms with Gasteiger partial charge in [0, 0.05) is 23.6 Å². The minimum Gasteiger partial charge on any atom is -0.469 e. The summed E-state index contributed by atoms with van der Waals surface area (Å²) in [7, 11) is 1.89. The smallest absolute Gasteiger partial charge is 0.416 e. The Morgan fingerprint density at radius 2 is 1.43 bits per heavy atom. The number of nitrogens with one attached hydrogen (secondary N) is 1. The third-order valence-electron chi connectivity index (χ3n) is 5.14. The number of carbonyl (C=O) groups excluding carboxylic acids is 3. The van der Waals surface area contributed by atoms with Gasteiger partial charge in [0.25, 0.3) is 11.6 Å². The fourth-order valence-corrected chi connectivity index (χ4v) is 3.30. The number of methoxy groups -OCH3 is 2. The Hall–Kier alpha value is -4.17. The summed E-state index contributed by atoms with van der Waals surface area (Å²) >= 11 is 0. The molecule has 2 rings (SSSR count). The van der Waals surface area contributed by atoms with Crippen LogP contribution in [0.5, 0.6) is 0 Å². The molecular weight excluding hydrogens is 518 g/mol. The molecule has 0 spiro atoms. The lowest BCUT2D eigenvalue weighted by Gasteiger charge is -2.26. The van der Waals surface area contributed by atoms with Gasteiger partial charge in [0.2, 0.25) is 0 Å². The molecule has 2 atom stereocenters. The van der Waals surface area contributed by atoms with Gasteiger partial charge in [-0.05, 0) is 23.8 Å². The molecule has 2 aromatic carbocycles. The average Bonchev–Trinajstić information content (AvgIpc) is 2.83. The molecule has 0 aliphatic carbocycles. The van der Waals surface area contributed by atoms with Gasteiger partial charge in [-0.25, -0.2) is 4.79 Å². The SMILES string of the molecule is COC(=O)C[C@@H](c1ccc([N+](=O)[O-])cc1)[C@@H](NC(=O)c1cc(C(F)(F)F)cc(C(F)(F)F)c1)C(=O)OC. The quantitative estimate of drug-likeness (QED) is 0.232. The van der Waals surface area contributed by atoms with Crippen LogP contribution in [-0.2, 0) is 31.4 Å². The molecule has 1 N–H and O–H groups in total. The van der Waals surface area contributed by atoms with Crippen molar-refractivity contribution in [1.29, 1.82) is 0 Å². The van der Waals surface area contributed by atoms with Crippen LogP contribution in [0.4, 0.5) is 32.0 Å². The highest BCUT2D eigenvalue weighted by Gasteiger charge is 2.39. The summed E-state index contributed by atoms with van der Waals surface area (Å²) in [4.78, 5) is 47.6. The number of hydrogen-bond donors (Lipinski definition) is 1. The molecule has 0 radical (unpaired) electrons. The van der Waals surface area contributed by atoms with Crippen LogP contribution in [0.2, 0.25) is 0 Å². The summed E-state index contributed by atoms with van der Waals surface area (Å²) in [5, 5.41) is 13.0. The van der Waals surface area contributed by atoms with E-state index in [9.17, 15) is 50.8 Å². The Bertz CT molecular complexity index is 1150. The van der Waals surface area contributed by atoms with E-state index in [1.165, 1.54) is 0 Å². The Kier molecular flexibility index (Phi) is 8.85. The predicted octanol–water partition coefficient (Wildman–Crippen LogP) is 4.25. The molecule has 0 saturated carbocycles. The second kappa shape index (κ2) is 11.3. The van der Waals surface area contributed by atoms with Gasteiger partial charge in [0.05, 0.1) is 36.7 Å². The lowest BCUT2D eigenvalue weighted by Crippen LogP contribution is -2.46. The van der Waals surface area contributed by atoms with E-state index in [1.807, 2.05) is 5.32 Å². The highest BCUT2D eigenvalue weighted by Crippen LogP contribution is 2.36. The molecule has 0 fully saturated rings. The lowest BCUT2D eigenvalue weighted by molar-refractivity contribution is -0.384. The number of nitro groups is 1. The summed E-state index contributed by atoms with van der Waals surface area (Å²) in [6.45, 7) is 0. The van der Waals surface area contributed by atoms with Gasteiger partial charge < -0.3 is 14.8 Å². The van der Waals surface area contributed by atoms with E-state index in [4.69, 9.17) is 0 Å². The van der Waals surface area contributed by atoms with E-state index in [-0.39, 0.29) is 29.4 Å². The van der Waals surface area contributed by atoms with Crippen molar-refractivity contribution < 1.29 is 55.1 Å². The normalized spacial score (nSPS) is 13.3. The van der Waals surface area contributed by atoms with E-state index < -0.39 is 70.2 Å². The van der Waals surface area contributed by atoms with Crippen molar-refractivity contribution in [1.82, 2.24) is 5.32 Å². The zero-order valence-corrected chi connectivity index (χ0v) is 19.0. The number of rotatable bonds is 8. The molecule has 0 aromatic heterocycles. The number of amides is 1. The van der Waals surface area contributed by atoms with Crippen molar-refractivity contribution in [2.45, 2.75) is 30.7 Å². The molecule has 0 saturated heterocycles. The summed E-state index contributed by atoms with van der Waals surface area (Å²) in [5.74, 6) is -4.96. The third kappa shape index (κ3) is 7.41. The number of nitrogens with zero attached hydrogens (tertiary/aromatic N) is 1. The van der Waals surface area contributed by atoms with Gasteiger partial charge in [-0.15, -0.1) is 0 Å². The maximum absolute atomic E-state index is 13.2. The number of ether oxygens (including phenoxy) is 2. The highest BCUT2D eigenvalue weighted by molar-refractivity contribution is 5.97. The van der Waals surface area contributed by atoms with Gasteiger partial charge in [0.1, 0.15) is 6.04 Å². The first-order chi connectivity index (χ1) is 17.1. The molecule has 0 bridgehead atoms. The van der Waals surface area contributed by atoms with Crippen LogP contribution < -0.4 is 5.32 Å². The molecule has 9 nitrogen and oxygen atoms in total. The zero-order valence-electron chi connectivity index (χ0n) is 19.0. The van der Waals surface area contributed by atoms with E-state index in [1.54, 1.807) is 0 Å². The largest absolute Gasteiger partial charge is 0.469 e. The van der Waals surface area contributed by atoms with Crippen LogP contribution in [0.15, 0.2) is 42.5 Å². The van der Waals surface area contributed by atoms with Crippen molar-refractivity contribution in [2.24, 2.45) is 0 Å². The molecule has 200 valence electrons. The van der Waals surface area contributed by atoms with E-state index >= 15 is 0 Å². The van der Waals surface area contributed by atoms with Crippen LogP contribution in [0, 0.1) is 10.1 Å². The van der Waals surface area contributed by atoms with E-state index in [0.717, 1.165) is 38.5 Å². The molecule has 0 aliphatic heterocycles. The predicted molar refractivity (Wildman–Crippen MR) is 112 cm³/mol. The third-order valence-corrected chi connectivity index (χ3v) is 5.14. The molecule has 1 amide bonds. The summed E-state index contributed by atoms with van der Waals surface area (Å²) in [6, 6.07) is 2.70. The fourth-order valence-electron chi connectivity index (χ4n) is 3.30. The summed E-state index contributed by atoms with van der Waals surface area (Å²) in [5.41, 5.74) is -4.88. The lowest BCUT2D eigenvalue weighted by atomic mass is 9.88. The molecular formula is C22H18F6N2O7. The second-order valence-electron chi connectivity index (χ2n) is 7.50. The molecule has 15 heteroatoms. The van der Waals surface area contributed by atoms with Gasteiger partial charge in [-0.1, -0.05) is 12.1 Å². The minimum atomic E-state index is -5.23. The van der Waals surface area contributed by atoms with E-state index in [2.05, 4.69) is 9.47 Å². The Balaban J connectivity index is 2.57. The maximum atomic E-state index is 13.2. The van der Waals surface area contributed by atoms with Crippen molar-refractivity contribution in [3.8, 4) is 0 Å². The van der Waals surface area contributed by atoms with Crippen molar-refractivity contribution >= 4 is 23.5 Å². The van der Waals surface area contributed by atoms with Crippen molar-refractivity contribution in [3.63, 3.8) is 0 Å². The van der Waals surface area contributed by atoms with Crippen LogP contribution in [0.1, 0.15) is 39.4 Å². The number of nitro benzene ring substituents is 1. The Morgan fingerprint density at radius 1 is 0.919 bits per heavy atom. The number of alkyl halides is 6. The molecule has 0 aliphatic rings. The number of benzene rings is 2. The number of hydrogen-bond acceptors (Lipinski definition) is 7. The van der Waals surface area contributed by atoms with Crippen LogP contribution in [-0.4, -0.2) is 43.0 Å². The monoisotopic (exact) mass is 536 g/mol. The second-order valence-corrected chi connectivity index (χ2v) is 7.50. The first kappa shape index (κ1) is 29.1. The number of esters is 2. The standard InChI is InChI=1S/C22H18F6N2O7/c1-36-17(31)10-16(11-3-5-15(6-4-11)30(34)35)18(20(33)37-2)29-19(32)12-7-13(21(23,24)25)9-14(8-12)22(26,27)28/h3-9,16,18H,10H2,1-2H3,(H,29,32)/t16-,18+/m0/s1. The molecule has 0 heterocycles. The first-order valence-electron chi connectivity index (χ1n) is 10.1. The van der Waals surface area contributed by atoms with Crippen molar-refractivity contribution in [3.05, 3.63) is 74.8 Å². The van der Waals surface area contributed by atoms with Crippen LogP contribution >= 0.6 is 0 Å². The maximum Gasteiger partial charge on any atom is 0.416 e. The molecule has 0 unspecified atom stereocenters. The van der Waals surface area contributed by atoms with Crippen molar-refractivity contribution in [2.75, 3.05) is 14.2 Å². The molecule has 37 heavy (non-hydrogen) atoms. The zero-order chi connectivity index (χ0) is 28.1. The van der Waals surface area contributed by atoms with Crippen LogP contribution in [0.3, 0.4) is 0 Å². The number of non-ortho nitro benzene ring substituents is 1. The topological polar surface area (TPSA) is 125 Å². The van der Waals surface area contributed by atoms with Gasteiger partial charge in [-0.2, -0.15) is 26.3 Å². The van der Waals surface area contributed by atoms with E-state index in [0.29, 0.717) is 0 Å². The number of carbonyl (C=O) groups is 3. The Labute approximate surface area is 204 Å². The Morgan fingerprint density at radius 3 is 1.84 bits per heavy atom. The van der Waals surface area contributed by atoms with Crippen LogP contribution in [0.25, 0.3) is 0 Å². The highest BCUT2D eigenvalue weighted by atomic mass is 19.4. The molecule has 2 aromatic rings. The number of halogens is 6. The summed E-state index contributed by atoms with van der Waals surface area (Å²) in [6.07, 6.45) is -11.1. The average molecular weight is 536 g/mol. The first-order valence-corrected chi connectivity index (χ1v) is 10.1. The van der Waals surface area contributed by atoms with Gasteiger partial charge in [0.15, 0.2) is 0 Å². The summed E-state index contributed by atoms with van der Waals surface area (Å²) < 4.78 is 88.3. The minimum absolute atomic E-state index is 0.0757.